The van der Waals surface area contributed by atoms with Crippen molar-refractivity contribution in [3.63, 3.8) is 0 Å². The van der Waals surface area contributed by atoms with E-state index >= 15 is 0 Å². The Bertz CT molecular complexity index is 1480. The van der Waals surface area contributed by atoms with Gasteiger partial charge < -0.3 is 10.1 Å². The third-order valence-corrected chi connectivity index (χ3v) is 5.92. The van der Waals surface area contributed by atoms with E-state index in [9.17, 15) is 9.18 Å². The number of carbonyl (C=O) groups excluding carboxylic acids is 1. The number of benzene rings is 4. The van der Waals surface area contributed by atoms with Gasteiger partial charge in [-0.25, -0.2) is 9.37 Å². The van der Waals surface area contributed by atoms with Crippen LogP contribution in [0.4, 0.5) is 4.39 Å². The zero-order chi connectivity index (χ0) is 24.2. The van der Waals surface area contributed by atoms with Crippen LogP contribution in [0.15, 0.2) is 103 Å². The zero-order valence-electron chi connectivity index (χ0n) is 19.2. The molecule has 0 aliphatic rings. The summed E-state index contributed by atoms with van der Waals surface area (Å²) in [5.41, 5.74) is 5.40. The summed E-state index contributed by atoms with van der Waals surface area (Å²) in [6.45, 7) is 0.416. The summed E-state index contributed by atoms with van der Waals surface area (Å²) < 4.78 is 18.9. The molecule has 0 fully saturated rings. The number of amides is 1. The van der Waals surface area contributed by atoms with Crippen molar-refractivity contribution in [2.24, 2.45) is 0 Å². The number of hydrogen-bond donors (Lipinski definition) is 1. The molecule has 35 heavy (non-hydrogen) atoms. The first-order chi connectivity index (χ1) is 17.1. The lowest BCUT2D eigenvalue weighted by atomic mass is 9.97. The number of halogens is 1. The van der Waals surface area contributed by atoms with Crippen molar-refractivity contribution in [3.05, 3.63) is 120 Å². The Morgan fingerprint density at radius 2 is 1.57 bits per heavy atom. The van der Waals surface area contributed by atoms with Crippen LogP contribution in [0, 0.1) is 5.82 Å². The maximum absolute atomic E-state index is 13.6. The van der Waals surface area contributed by atoms with E-state index < -0.39 is 0 Å². The molecule has 0 radical (unpaired) electrons. The molecular formula is C30H23FN2O2. The van der Waals surface area contributed by atoms with Crippen LogP contribution >= 0.6 is 0 Å². The molecule has 1 N–H and O–H groups in total. The molecule has 0 spiro atoms. The van der Waals surface area contributed by atoms with Gasteiger partial charge in [0.2, 0.25) is 0 Å². The van der Waals surface area contributed by atoms with Gasteiger partial charge in [0.1, 0.15) is 11.6 Å². The molecule has 0 bridgehead atoms. The monoisotopic (exact) mass is 462 g/mol. The normalized spacial score (nSPS) is 10.8. The van der Waals surface area contributed by atoms with Crippen LogP contribution in [0.2, 0.25) is 0 Å². The number of para-hydroxylation sites is 1. The number of pyridine rings is 1. The van der Waals surface area contributed by atoms with E-state index in [4.69, 9.17) is 9.72 Å². The lowest BCUT2D eigenvalue weighted by Crippen LogP contribution is -2.23. The standard InChI is InChI=1S/C30H23FN2O2/c1-35-24-16-12-22(13-17-24)28-18-27(30(34)32-19-20-6-3-2-4-7-20)26-9-5-8-25(29(26)33-28)21-10-14-23(31)15-11-21/h2-18H,19H2,1H3,(H,32,34). The Balaban J connectivity index is 1.64. The van der Waals surface area contributed by atoms with Gasteiger partial charge in [-0.05, 0) is 53.6 Å². The molecule has 5 aromatic rings. The summed E-state index contributed by atoms with van der Waals surface area (Å²) in [4.78, 5) is 18.3. The van der Waals surface area contributed by atoms with Crippen LogP contribution in [0.3, 0.4) is 0 Å². The summed E-state index contributed by atoms with van der Waals surface area (Å²) >= 11 is 0. The fourth-order valence-electron chi connectivity index (χ4n) is 4.08. The highest BCUT2D eigenvalue weighted by Crippen LogP contribution is 2.33. The lowest BCUT2D eigenvalue weighted by Gasteiger charge is -2.14. The third-order valence-electron chi connectivity index (χ3n) is 5.92. The average Bonchev–Trinajstić information content (AvgIpc) is 2.92. The predicted octanol–water partition coefficient (Wildman–Crippen LogP) is 6.65. The summed E-state index contributed by atoms with van der Waals surface area (Å²) in [7, 11) is 1.62. The fourth-order valence-corrected chi connectivity index (χ4v) is 4.08. The number of nitrogens with zero attached hydrogens (tertiary/aromatic N) is 1. The quantitative estimate of drug-likeness (QED) is 0.307. The van der Waals surface area contributed by atoms with Crippen LogP contribution in [0.1, 0.15) is 15.9 Å². The average molecular weight is 463 g/mol. The molecule has 0 aliphatic heterocycles. The molecule has 0 atom stereocenters. The second-order valence-electron chi connectivity index (χ2n) is 8.16. The Hall–Kier alpha value is -4.51. The molecule has 4 nitrogen and oxygen atoms in total. The summed E-state index contributed by atoms with van der Waals surface area (Å²) in [5.74, 6) is 0.247. The number of rotatable bonds is 6. The first kappa shape index (κ1) is 22.3. The SMILES string of the molecule is COc1ccc(-c2cc(C(=O)NCc3ccccc3)c3cccc(-c4ccc(F)cc4)c3n2)cc1. The van der Waals surface area contributed by atoms with Crippen LogP contribution < -0.4 is 10.1 Å². The Kier molecular flexibility index (Phi) is 6.22. The largest absolute Gasteiger partial charge is 0.497 e. The van der Waals surface area contributed by atoms with E-state index in [-0.39, 0.29) is 11.7 Å². The molecule has 5 heteroatoms. The molecular weight excluding hydrogens is 439 g/mol. The molecule has 1 heterocycles. The number of carbonyl (C=O) groups is 1. The van der Waals surface area contributed by atoms with Crippen LogP contribution in [0.25, 0.3) is 33.3 Å². The second kappa shape index (κ2) is 9.77. The summed E-state index contributed by atoms with van der Waals surface area (Å²) in [6.07, 6.45) is 0. The van der Waals surface area contributed by atoms with Gasteiger partial charge in [0.15, 0.2) is 0 Å². The predicted molar refractivity (Wildman–Crippen MR) is 137 cm³/mol. The molecule has 0 saturated heterocycles. The van der Waals surface area contributed by atoms with Crippen molar-refractivity contribution >= 4 is 16.8 Å². The summed E-state index contributed by atoms with van der Waals surface area (Å²) in [6, 6.07) is 31.2. The van der Waals surface area contributed by atoms with Gasteiger partial charge in [-0.3, -0.25) is 4.79 Å². The van der Waals surface area contributed by atoms with Crippen molar-refractivity contribution in [2.75, 3.05) is 7.11 Å². The molecule has 1 aromatic heterocycles. The first-order valence-corrected chi connectivity index (χ1v) is 11.3. The van der Waals surface area contributed by atoms with Crippen molar-refractivity contribution in [1.29, 1.82) is 0 Å². The van der Waals surface area contributed by atoms with Crippen LogP contribution in [-0.2, 0) is 6.54 Å². The van der Waals surface area contributed by atoms with Crippen molar-refractivity contribution < 1.29 is 13.9 Å². The molecule has 1 amide bonds. The van der Waals surface area contributed by atoms with Crippen molar-refractivity contribution in [3.8, 4) is 28.1 Å². The number of ether oxygens (including phenoxy) is 1. The van der Waals surface area contributed by atoms with E-state index in [1.165, 1.54) is 12.1 Å². The molecule has 0 saturated carbocycles. The fraction of sp³-hybridized carbons (Fsp3) is 0.0667. The zero-order valence-corrected chi connectivity index (χ0v) is 19.2. The smallest absolute Gasteiger partial charge is 0.252 e. The first-order valence-electron chi connectivity index (χ1n) is 11.3. The van der Waals surface area contributed by atoms with Gasteiger partial charge in [0.25, 0.3) is 5.91 Å². The van der Waals surface area contributed by atoms with Gasteiger partial charge in [0.05, 0.1) is 23.9 Å². The van der Waals surface area contributed by atoms with E-state index in [0.29, 0.717) is 23.3 Å². The Morgan fingerprint density at radius 1 is 0.857 bits per heavy atom. The van der Waals surface area contributed by atoms with Crippen LogP contribution in [-0.4, -0.2) is 18.0 Å². The number of methoxy groups -OCH3 is 1. The van der Waals surface area contributed by atoms with Crippen molar-refractivity contribution in [2.45, 2.75) is 6.54 Å². The number of aromatic nitrogens is 1. The van der Waals surface area contributed by atoms with E-state index in [1.54, 1.807) is 19.2 Å². The summed E-state index contributed by atoms with van der Waals surface area (Å²) in [5, 5.41) is 3.77. The van der Waals surface area contributed by atoms with E-state index in [0.717, 1.165) is 33.4 Å². The van der Waals surface area contributed by atoms with Gasteiger partial charge in [0, 0.05) is 23.1 Å². The minimum atomic E-state index is -0.304. The number of fused-ring (bicyclic) bond motifs is 1. The van der Waals surface area contributed by atoms with E-state index in [2.05, 4.69) is 5.32 Å². The van der Waals surface area contributed by atoms with Crippen molar-refractivity contribution in [1.82, 2.24) is 10.3 Å². The highest BCUT2D eigenvalue weighted by atomic mass is 19.1. The van der Waals surface area contributed by atoms with Gasteiger partial charge in [-0.2, -0.15) is 0 Å². The minimum Gasteiger partial charge on any atom is -0.497 e. The lowest BCUT2D eigenvalue weighted by molar-refractivity contribution is 0.0952. The molecule has 172 valence electrons. The molecule has 0 aliphatic carbocycles. The maximum atomic E-state index is 13.6. The highest BCUT2D eigenvalue weighted by Gasteiger charge is 2.17. The van der Waals surface area contributed by atoms with E-state index in [1.807, 2.05) is 78.9 Å². The minimum absolute atomic E-state index is 0.188. The Labute approximate surface area is 203 Å². The van der Waals surface area contributed by atoms with Gasteiger partial charge in [-0.15, -0.1) is 0 Å². The van der Waals surface area contributed by atoms with Gasteiger partial charge in [-0.1, -0.05) is 60.7 Å². The topological polar surface area (TPSA) is 51.2 Å². The molecule has 5 rings (SSSR count). The highest BCUT2D eigenvalue weighted by molar-refractivity contribution is 6.10. The second-order valence-corrected chi connectivity index (χ2v) is 8.16. The third kappa shape index (κ3) is 4.75. The number of nitrogens with one attached hydrogen (secondary N) is 1. The maximum Gasteiger partial charge on any atom is 0.252 e. The Morgan fingerprint density at radius 3 is 2.29 bits per heavy atom. The van der Waals surface area contributed by atoms with Crippen LogP contribution in [0.5, 0.6) is 5.75 Å². The molecule has 0 unspecified atom stereocenters. The number of hydrogen-bond acceptors (Lipinski definition) is 3. The molecule has 4 aromatic carbocycles. The van der Waals surface area contributed by atoms with Gasteiger partial charge >= 0.3 is 0 Å².